The minimum atomic E-state index is -0.888. The normalized spacial score (nSPS) is 26.3. The third-order valence-corrected chi connectivity index (χ3v) is 8.69. The first-order valence-corrected chi connectivity index (χ1v) is 13.6. The van der Waals surface area contributed by atoms with Gasteiger partial charge in [-0.3, -0.25) is 4.90 Å². The van der Waals surface area contributed by atoms with E-state index in [4.69, 9.17) is 4.74 Å². The number of carboxylic acid groups (broad SMARTS) is 1. The predicted octanol–water partition coefficient (Wildman–Crippen LogP) is 6.76. The van der Waals surface area contributed by atoms with E-state index in [0.717, 1.165) is 80.6 Å². The SMILES string of the molecule is CCCCOc1cccc(-c2cc3c(cc2F)[C@H](N(C(=O)O)[C@@H]2CN4CCC2CC4)C(C)(C)CC3)c1. The van der Waals surface area contributed by atoms with Crippen molar-refractivity contribution in [2.45, 2.75) is 71.4 Å². The molecule has 2 aromatic carbocycles. The van der Waals surface area contributed by atoms with Crippen LogP contribution in [0.2, 0.25) is 0 Å². The topological polar surface area (TPSA) is 53.0 Å². The van der Waals surface area contributed by atoms with E-state index in [1.165, 1.54) is 0 Å². The number of piperidine rings is 3. The van der Waals surface area contributed by atoms with Gasteiger partial charge in [-0.1, -0.05) is 39.3 Å². The monoisotopic (exact) mass is 494 g/mol. The Hall–Kier alpha value is -2.60. The van der Waals surface area contributed by atoms with Gasteiger partial charge in [0.25, 0.3) is 0 Å². The lowest BCUT2D eigenvalue weighted by molar-refractivity contribution is -0.0353. The van der Waals surface area contributed by atoms with Gasteiger partial charge in [-0.2, -0.15) is 0 Å². The Balaban J connectivity index is 1.51. The number of carbonyl (C=O) groups is 1. The van der Waals surface area contributed by atoms with Gasteiger partial charge in [0.2, 0.25) is 0 Å². The van der Waals surface area contributed by atoms with Crippen LogP contribution < -0.4 is 4.74 Å². The van der Waals surface area contributed by atoms with Gasteiger partial charge >= 0.3 is 6.09 Å². The van der Waals surface area contributed by atoms with Crippen molar-refractivity contribution < 1.29 is 19.0 Å². The summed E-state index contributed by atoms with van der Waals surface area (Å²) in [5.74, 6) is 0.824. The molecule has 3 saturated heterocycles. The fourth-order valence-electron chi connectivity index (χ4n) is 6.65. The summed E-state index contributed by atoms with van der Waals surface area (Å²) in [6, 6.07) is 10.8. The number of rotatable bonds is 7. The van der Waals surface area contributed by atoms with Crippen LogP contribution in [0.25, 0.3) is 11.1 Å². The maximum absolute atomic E-state index is 15.8. The highest BCUT2D eigenvalue weighted by atomic mass is 19.1. The fourth-order valence-corrected chi connectivity index (χ4v) is 6.65. The van der Waals surface area contributed by atoms with Crippen molar-refractivity contribution in [3.8, 4) is 16.9 Å². The Labute approximate surface area is 214 Å². The van der Waals surface area contributed by atoms with E-state index in [0.29, 0.717) is 18.1 Å². The molecule has 0 saturated carbocycles. The average Bonchev–Trinajstić information content (AvgIpc) is 2.86. The molecule has 0 radical (unpaired) electrons. The summed E-state index contributed by atoms with van der Waals surface area (Å²) < 4.78 is 21.6. The van der Waals surface area contributed by atoms with Gasteiger partial charge in [-0.15, -0.1) is 0 Å². The average molecular weight is 495 g/mol. The largest absolute Gasteiger partial charge is 0.494 e. The van der Waals surface area contributed by atoms with Crippen molar-refractivity contribution >= 4 is 6.09 Å². The van der Waals surface area contributed by atoms with Crippen LogP contribution in [0.5, 0.6) is 5.75 Å². The second-order valence-corrected chi connectivity index (χ2v) is 11.5. The first-order chi connectivity index (χ1) is 17.3. The van der Waals surface area contributed by atoms with E-state index in [1.807, 2.05) is 30.3 Å². The maximum atomic E-state index is 15.8. The molecular formula is C30H39FN2O3. The van der Waals surface area contributed by atoms with Crippen LogP contribution in [0.15, 0.2) is 36.4 Å². The van der Waals surface area contributed by atoms with Crippen molar-refractivity contribution in [1.29, 1.82) is 0 Å². The molecule has 5 nitrogen and oxygen atoms in total. The van der Waals surface area contributed by atoms with E-state index < -0.39 is 6.09 Å². The van der Waals surface area contributed by atoms with E-state index in [1.54, 1.807) is 11.0 Å². The fraction of sp³-hybridized carbons (Fsp3) is 0.567. The Morgan fingerprint density at radius 2 is 2.00 bits per heavy atom. The number of benzene rings is 2. The lowest BCUT2D eigenvalue weighted by Crippen LogP contribution is -2.61. The molecule has 0 aromatic heterocycles. The summed E-state index contributed by atoms with van der Waals surface area (Å²) in [6.07, 6.45) is 4.91. The van der Waals surface area contributed by atoms with E-state index >= 15 is 4.39 Å². The third-order valence-electron chi connectivity index (χ3n) is 8.69. The molecule has 0 unspecified atom stereocenters. The summed E-state index contributed by atoms with van der Waals surface area (Å²) in [7, 11) is 0. The first kappa shape index (κ1) is 25.1. The second-order valence-electron chi connectivity index (χ2n) is 11.5. The number of hydrogen-bond donors (Lipinski definition) is 1. The molecule has 194 valence electrons. The van der Waals surface area contributed by atoms with Gasteiger partial charge in [0.15, 0.2) is 0 Å². The van der Waals surface area contributed by atoms with Crippen LogP contribution in [0.1, 0.15) is 70.0 Å². The molecule has 6 rings (SSSR count). The van der Waals surface area contributed by atoms with Gasteiger partial charge in [-0.05, 0) is 97.5 Å². The number of unbranched alkanes of at least 4 members (excludes halogenated alkanes) is 1. The molecule has 2 bridgehead atoms. The summed E-state index contributed by atoms with van der Waals surface area (Å²) in [5, 5.41) is 10.5. The van der Waals surface area contributed by atoms with Crippen LogP contribution in [0, 0.1) is 17.2 Å². The first-order valence-electron chi connectivity index (χ1n) is 13.6. The zero-order valence-corrected chi connectivity index (χ0v) is 21.8. The molecule has 6 heteroatoms. The van der Waals surface area contributed by atoms with E-state index in [9.17, 15) is 9.90 Å². The van der Waals surface area contributed by atoms with Crippen LogP contribution >= 0.6 is 0 Å². The maximum Gasteiger partial charge on any atom is 0.408 e. The van der Waals surface area contributed by atoms with Crippen molar-refractivity contribution in [3.63, 3.8) is 0 Å². The molecule has 2 aromatic rings. The van der Waals surface area contributed by atoms with Crippen LogP contribution in [0.3, 0.4) is 0 Å². The summed E-state index contributed by atoms with van der Waals surface area (Å²) in [4.78, 5) is 16.9. The van der Waals surface area contributed by atoms with Crippen molar-refractivity contribution in [2.75, 3.05) is 26.2 Å². The zero-order valence-electron chi connectivity index (χ0n) is 21.8. The Kier molecular flexibility index (Phi) is 6.99. The molecule has 3 heterocycles. The molecule has 1 amide bonds. The van der Waals surface area contributed by atoms with E-state index in [2.05, 4.69) is 25.7 Å². The van der Waals surface area contributed by atoms with Crippen LogP contribution in [0.4, 0.5) is 9.18 Å². The van der Waals surface area contributed by atoms with E-state index in [-0.39, 0.29) is 23.3 Å². The van der Waals surface area contributed by atoms with Gasteiger partial charge in [0.05, 0.1) is 18.7 Å². The number of nitrogens with zero attached hydrogens (tertiary/aromatic N) is 2. The number of aryl methyl sites for hydroxylation is 1. The minimum Gasteiger partial charge on any atom is -0.494 e. The minimum absolute atomic E-state index is 0.0417. The predicted molar refractivity (Wildman–Crippen MR) is 140 cm³/mol. The Morgan fingerprint density at radius 3 is 2.67 bits per heavy atom. The summed E-state index contributed by atoms with van der Waals surface area (Å²) >= 11 is 0. The molecular weight excluding hydrogens is 455 g/mol. The van der Waals surface area contributed by atoms with Gasteiger partial charge in [0, 0.05) is 12.1 Å². The molecule has 1 aliphatic carbocycles. The van der Waals surface area contributed by atoms with Crippen molar-refractivity contribution in [1.82, 2.24) is 9.80 Å². The lowest BCUT2D eigenvalue weighted by Gasteiger charge is -2.54. The lowest BCUT2D eigenvalue weighted by atomic mass is 9.68. The highest BCUT2D eigenvalue weighted by Crippen LogP contribution is 2.50. The number of amides is 1. The van der Waals surface area contributed by atoms with Gasteiger partial charge in [0.1, 0.15) is 11.6 Å². The standard InChI is InChI=1S/C30H39FN2O3/c1-4-5-15-36-23-8-6-7-21(16-23)24-17-22-9-12-30(2,3)28(25(22)18-26(24)31)33(29(34)35)27-19-32-13-10-20(27)11-14-32/h6-8,16-18,20,27-28H,4-5,9-15,19H2,1-3H3,(H,34,35)/t27-,28+/m1/s1. The van der Waals surface area contributed by atoms with Gasteiger partial charge < -0.3 is 14.7 Å². The molecule has 0 spiro atoms. The molecule has 3 aliphatic heterocycles. The number of fused-ring (bicyclic) bond motifs is 4. The molecule has 3 fully saturated rings. The molecule has 1 N–H and O–H groups in total. The van der Waals surface area contributed by atoms with Crippen molar-refractivity contribution in [2.24, 2.45) is 11.3 Å². The smallest absolute Gasteiger partial charge is 0.408 e. The zero-order chi connectivity index (χ0) is 25.4. The quantitative estimate of drug-likeness (QED) is 0.432. The molecule has 2 atom stereocenters. The third kappa shape index (κ3) is 4.72. The molecule has 36 heavy (non-hydrogen) atoms. The van der Waals surface area contributed by atoms with Crippen molar-refractivity contribution in [3.05, 3.63) is 53.3 Å². The summed E-state index contributed by atoms with van der Waals surface area (Å²) in [5.41, 5.74) is 2.96. The Bertz CT molecular complexity index is 1110. The highest BCUT2D eigenvalue weighted by molar-refractivity contribution is 5.70. The molecule has 4 aliphatic rings. The second kappa shape index (κ2) is 10.0. The van der Waals surface area contributed by atoms with Crippen LogP contribution in [-0.2, 0) is 6.42 Å². The number of hydrogen-bond acceptors (Lipinski definition) is 3. The Morgan fingerprint density at radius 1 is 1.22 bits per heavy atom. The number of halogens is 1. The van der Waals surface area contributed by atoms with Crippen LogP contribution in [-0.4, -0.2) is 53.3 Å². The number of ether oxygens (including phenoxy) is 1. The van der Waals surface area contributed by atoms with Gasteiger partial charge in [-0.25, -0.2) is 9.18 Å². The highest BCUT2D eigenvalue weighted by Gasteiger charge is 2.48. The summed E-state index contributed by atoms with van der Waals surface area (Å²) in [6.45, 7) is 9.94.